The number of aromatic nitrogens is 3. The Morgan fingerprint density at radius 2 is 1.83 bits per heavy atom. The maximum Gasteiger partial charge on any atom is 0.271 e. The molecule has 2 aromatic carbocycles. The number of halogens is 1. The minimum Gasteiger partial charge on any atom is -0.483 e. The Hall–Kier alpha value is -3.11. The van der Waals surface area contributed by atoms with Gasteiger partial charge in [0.25, 0.3) is 5.69 Å². The van der Waals surface area contributed by atoms with Crippen LogP contribution in [0.15, 0.2) is 47.6 Å². The number of thioether (sulfide) groups is 1. The van der Waals surface area contributed by atoms with Crippen LogP contribution in [0, 0.1) is 16.0 Å². The third-order valence-corrected chi connectivity index (χ3v) is 6.58. The first kappa shape index (κ1) is 27.5. The summed E-state index contributed by atoms with van der Waals surface area (Å²) in [4.78, 5) is 23.0. The fraction of sp³-hybridized carbons (Fsp3) is 0.400. The zero-order valence-corrected chi connectivity index (χ0v) is 22.5. The van der Waals surface area contributed by atoms with E-state index in [1.54, 1.807) is 0 Å². The molecule has 11 heteroatoms. The maximum atomic E-state index is 12.6. The van der Waals surface area contributed by atoms with Gasteiger partial charge in [0.05, 0.1) is 21.4 Å². The predicted octanol–water partition coefficient (Wildman–Crippen LogP) is 6.49. The summed E-state index contributed by atoms with van der Waals surface area (Å²) in [5, 5.41) is 23.1. The third kappa shape index (κ3) is 7.20. The minimum atomic E-state index is -0.543. The first-order chi connectivity index (χ1) is 17.0. The van der Waals surface area contributed by atoms with Gasteiger partial charge in [-0.1, -0.05) is 63.2 Å². The second-order valence-electron chi connectivity index (χ2n) is 9.09. The fourth-order valence-corrected chi connectivity index (χ4v) is 4.39. The number of nitro benzene ring substituents is 1. The molecule has 1 N–H and O–H groups in total. The monoisotopic (exact) mass is 531 g/mol. The lowest BCUT2D eigenvalue weighted by atomic mass is 10.0. The van der Waals surface area contributed by atoms with Crippen molar-refractivity contribution in [1.82, 2.24) is 14.8 Å². The van der Waals surface area contributed by atoms with E-state index in [9.17, 15) is 14.9 Å². The number of rotatable bonds is 11. The third-order valence-electron chi connectivity index (χ3n) is 5.28. The molecule has 0 bridgehead atoms. The number of hydrogen-bond donors (Lipinski definition) is 1. The smallest absolute Gasteiger partial charge is 0.271 e. The van der Waals surface area contributed by atoms with Crippen molar-refractivity contribution < 1.29 is 14.5 Å². The fourth-order valence-electron chi connectivity index (χ4n) is 3.47. The summed E-state index contributed by atoms with van der Waals surface area (Å²) in [5.41, 5.74) is 1.27. The first-order valence-corrected chi connectivity index (χ1v) is 13.0. The molecule has 1 aromatic heterocycles. The van der Waals surface area contributed by atoms with Gasteiger partial charge in [0.15, 0.2) is 17.1 Å². The lowest BCUT2D eigenvalue weighted by Crippen LogP contribution is -2.17. The summed E-state index contributed by atoms with van der Waals surface area (Å²) in [5.74, 6) is 1.83. The Balaban J connectivity index is 1.71. The van der Waals surface area contributed by atoms with E-state index in [1.165, 1.54) is 35.5 Å². The average Bonchev–Trinajstić information content (AvgIpc) is 3.21. The Labute approximate surface area is 219 Å². The average molecular weight is 532 g/mol. The van der Waals surface area contributed by atoms with Gasteiger partial charge in [-0.05, 0) is 42.5 Å². The minimum absolute atomic E-state index is 0.0289. The Morgan fingerprint density at radius 3 is 2.44 bits per heavy atom. The molecule has 1 atom stereocenters. The van der Waals surface area contributed by atoms with Crippen molar-refractivity contribution in [3.05, 3.63) is 69.0 Å². The van der Waals surface area contributed by atoms with Crippen LogP contribution in [-0.4, -0.2) is 31.3 Å². The van der Waals surface area contributed by atoms with E-state index in [2.05, 4.69) is 55.3 Å². The number of ether oxygens (including phenoxy) is 1. The van der Waals surface area contributed by atoms with Gasteiger partial charge in [0, 0.05) is 18.7 Å². The van der Waals surface area contributed by atoms with Crippen molar-refractivity contribution >= 4 is 40.6 Å². The molecule has 3 aromatic rings. The van der Waals surface area contributed by atoms with Gasteiger partial charge in [0.2, 0.25) is 5.91 Å². The highest BCUT2D eigenvalue weighted by Gasteiger charge is 2.21. The van der Waals surface area contributed by atoms with Crippen LogP contribution in [0.4, 0.5) is 11.4 Å². The molecule has 0 aliphatic carbocycles. The van der Waals surface area contributed by atoms with E-state index in [0.717, 1.165) is 5.75 Å². The number of anilines is 1. The summed E-state index contributed by atoms with van der Waals surface area (Å²) < 4.78 is 8.11. The zero-order chi connectivity index (χ0) is 26.4. The van der Waals surface area contributed by atoms with E-state index >= 15 is 0 Å². The number of nitrogens with zero attached hydrogens (tertiary/aromatic N) is 4. The van der Waals surface area contributed by atoms with Crippen LogP contribution in [-0.2, 0) is 11.3 Å². The zero-order valence-electron chi connectivity index (χ0n) is 20.9. The van der Waals surface area contributed by atoms with E-state index in [1.807, 2.05) is 23.6 Å². The Kier molecular flexibility index (Phi) is 9.33. The quantitative estimate of drug-likeness (QED) is 0.171. The summed E-state index contributed by atoms with van der Waals surface area (Å²) in [6, 6.07) is 11.9. The lowest BCUT2D eigenvalue weighted by molar-refractivity contribution is -0.384. The number of carbonyl (C=O) groups excluding carboxylic acids is 1. The molecule has 0 saturated heterocycles. The van der Waals surface area contributed by atoms with Gasteiger partial charge in [-0.25, -0.2) is 0 Å². The summed E-state index contributed by atoms with van der Waals surface area (Å²) in [7, 11) is 0. The number of benzene rings is 2. The molecule has 0 saturated carbocycles. The molecule has 1 unspecified atom stereocenters. The van der Waals surface area contributed by atoms with Gasteiger partial charge < -0.3 is 14.6 Å². The van der Waals surface area contributed by atoms with E-state index in [0.29, 0.717) is 29.4 Å². The van der Waals surface area contributed by atoms with Gasteiger partial charge in [-0.2, -0.15) is 0 Å². The second kappa shape index (κ2) is 12.2. The highest BCUT2D eigenvalue weighted by Crippen LogP contribution is 2.29. The number of nitro groups is 1. The molecule has 0 spiro atoms. The highest BCUT2D eigenvalue weighted by molar-refractivity contribution is 7.99. The Morgan fingerprint density at radius 1 is 1.14 bits per heavy atom. The van der Waals surface area contributed by atoms with Gasteiger partial charge in [0.1, 0.15) is 5.75 Å². The van der Waals surface area contributed by atoms with Crippen LogP contribution in [0.3, 0.4) is 0 Å². The molecule has 1 amide bonds. The second-order valence-corrected chi connectivity index (χ2v) is 10.4. The molecule has 0 fully saturated rings. The molecule has 192 valence electrons. The molecule has 0 aliphatic heterocycles. The number of non-ortho nitro benzene ring substituents is 1. The van der Waals surface area contributed by atoms with Crippen molar-refractivity contribution in [2.45, 2.75) is 58.3 Å². The molecule has 0 aliphatic rings. The molecule has 0 radical (unpaired) electrons. The molecular weight excluding hydrogens is 502 g/mol. The van der Waals surface area contributed by atoms with Crippen molar-refractivity contribution in [3.63, 3.8) is 0 Å². The SMILES string of the molecule is CC(C)Cn1c(SCC(=O)Nc2cc([N+](=O)[O-])ccc2Cl)nnc1C(C)Oc1ccc(C(C)C)cc1. The molecular formula is C25H30ClN5O4S. The number of hydrogen-bond acceptors (Lipinski definition) is 7. The topological polar surface area (TPSA) is 112 Å². The highest BCUT2D eigenvalue weighted by atomic mass is 35.5. The molecule has 3 rings (SSSR count). The predicted molar refractivity (Wildman–Crippen MR) is 142 cm³/mol. The van der Waals surface area contributed by atoms with E-state index < -0.39 is 4.92 Å². The van der Waals surface area contributed by atoms with E-state index in [-0.39, 0.29) is 34.2 Å². The summed E-state index contributed by atoms with van der Waals surface area (Å²) in [6.07, 6.45) is -0.354. The summed E-state index contributed by atoms with van der Waals surface area (Å²) >= 11 is 7.32. The standard InChI is InChI=1S/C25H30ClN5O4S/c1-15(2)13-30-24(17(5)35-20-9-6-18(7-10-20)16(3)4)28-29-25(30)36-14-23(32)27-22-12-19(31(33)34)8-11-21(22)26/h6-12,15-17H,13-14H2,1-5H3,(H,27,32). The van der Waals surface area contributed by atoms with Crippen LogP contribution < -0.4 is 10.1 Å². The molecule has 9 nitrogen and oxygen atoms in total. The maximum absolute atomic E-state index is 12.6. The van der Waals surface area contributed by atoms with Crippen LogP contribution in [0.1, 0.15) is 58.0 Å². The lowest BCUT2D eigenvalue weighted by Gasteiger charge is -2.18. The summed E-state index contributed by atoms with van der Waals surface area (Å²) in [6.45, 7) is 11.0. The first-order valence-electron chi connectivity index (χ1n) is 11.6. The molecule has 1 heterocycles. The van der Waals surface area contributed by atoms with Crippen LogP contribution in [0.5, 0.6) is 5.75 Å². The van der Waals surface area contributed by atoms with Crippen LogP contribution in [0.25, 0.3) is 0 Å². The normalized spacial score (nSPS) is 12.1. The number of nitrogens with one attached hydrogen (secondary N) is 1. The van der Waals surface area contributed by atoms with Crippen LogP contribution in [0.2, 0.25) is 5.02 Å². The molecule has 36 heavy (non-hydrogen) atoms. The van der Waals surface area contributed by atoms with Crippen molar-refractivity contribution in [2.24, 2.45) is 5.92 Å². The van der Waals surface area contributed by atoms with Gasteiger partial charge in [-0.3, -0.25) is 14.9 Å². The number of amides is 1. The van der Waals surface area contributed by atoms with Gasteiger partial charge in [-0.15, -0.1) is 10.2 Å². The Bertz CT molecular complexity index is 1210. The van der Waals surface area contributed by atoms with E-state index in [4.69, 9.17) is 16.3 Å². The van der Waals surface area contributed by atoms with Gasteiger partial charge >= 0.3 is 0 Å². The van der Waals surface area contributed by atoms with Crippen molar-refractivity contribution in [1.29, 1.82) is 0 Å². The van der Waals surface area contributed by atoms with Crippen molar-refractivity contribution in [3.8, 4) is 5.75 Å². The van der Waals surface area contributed by atoms with Crippen molar-refractivity contribution in [2.75, 3.05) is 11.1 Å². The number of carbonyl (C=O) groups is 1. The largest absolute Gasteiger partial charge is 0.483 e. The van der Waals surface area contributed by atoms with Crippen LogP contribution >= 0.6 is 23.4 Å².